The number of ether oxygens (including phenoxy) is 3. The maximum atomic E-state index is 11.4. The summed E-state index contributed by atoms with van der Waals surface area (Å²) >= 11 is 0. The van der Waals surface area contributed by atoms with Crippen molar-refractivity contribution in [2.45, 2.75) is 33.0 Å². The number of hydrogen-bond acceptors (Lipinski definition) is 7. The van der Waals surface area contributed by atoms with E-state index in [4.69, 9.17) is 19.3 Å². The third-order valence-electron chi connectivity index (χ3n) is 3.84. The molecule has 2 aromatic rings. The highest BCUT2D eigenvalue weighted by Gasteiger charge is 2.14. The van der Waals surface area contributed by atoms with Crippen molar-refractivity contribution in [2.75, 3.05) is 0 Å². The maximum Gasteiger partial charge on any atom is 0.308 e. The van der Waals surface area contributed by atoms with Crippen LogP contribution in [0.3, 0.4) is 0 Å². The Kier molecular flexibility index (Phi) is 7.71. The number of carboxylic acid groups (broad SMARTS) is 1. The van der Waals surface area contributed by atoms with Crippen LogP contribution in [0, 0.1) is 0 Å². The average molecular weight is 414 g/mol. The summed E-state index contributed by atoms with van der Waals surface area (Å²) in [4.78, 5) is 33.4. The zero-order valence-corrected chi connectivity index (χ0v) is 16.6. The lowest BCUT2D eigenvalue weighted by atomic mass is 9.98. The lowest BCUT2D eigenvalue weighted by Gasteiger charge is -2.16. The van der Waals surface area contributed by atoms with E-state index in [1.807, 2.05) is 0 Å². The molecule has 8 nitrogen and oxygen atoms in total. The molecule has 0 aliphatic heterocycles. The topological polar surface area (TPSA) is 119 Å². The van der Waals surface area contributed by atoms with E-state index >= 15 is 0 Å². The number of aliphatic hydroxyl groups is 1. The van der Waals surface area contributed by atoms with Crippen LogP contribution in [-0.2, 0) is 14.4 Å². The fourth-order valence-electron chi connectivity index (χ4n) is 2.68. The van der Waals surface area contributed by atoms with Crippen LogP contribution in [0.2, 0.25) is 0 Å². The SMILES string of the molecule is C=Cc1ccc(OC(C)=O)cc1-c1cc(OC(C)=O)cc(OC(O)CCC(=O)O)c1. The predicted octanol–water partition coefficient (Wildman–Crippen LogP) is 3.41. The Bertz CT molecular complexity index is 964. The van der Waals surface area contributed by atoms with Gasteiger partial charge in [-0.15, -0.1) is 0 Å². The Morgan fingerprint density at radius 2 is 1.63 bits per heavy atom. The number of carbonyl (C=O) groups excluding carboxylic acids is 2. The fourth-order valence-corrected chi connectivity index (χ4v) is 2.68. The molecule has 0 spiro atoms. The van der Waals surface area contributed by atoms with Crippen LogP contribution < -0.4 is 14.2 Å². The summed E-state index contributed by atoms with van der Waals surface area (Å²) in [6.07, 6.45) is -0.161. The summed E-state index contributed by atoms with van der Waals surface area (Å²) in [5, 5.41) is 18.7. The molecule has 0 aliphatic rings. The zero-order valence-electron chi connectivity index (χ0n) is 16.6. The van der Waals surface area contributed by atoms with Gasteiger partial charge in [0.05, 0.1) is 6.42 Å². The third-order valence-corrected chi connectivity index (χ3v) is 3.84. The van der Waals surface area contributed by atoms with Gasteiger partial charge in [-0.05, 0) is 41.0 Å². The number of aliphatic carboxylic acids is 1. The van der Waals surface area contributed by atoms with Gasteiger partial charge < -0.3 is 24.4 Å². The minimum absolute atomic E-state index is 0.123. The third kappa shape index (κ3) is 6.75. The van der Waals surface area contributed by atoms with Crippen molar-refractivity contribution in [3.8, 4) is 28.4 Å². The van der Waals surface area contributed by atoms with Gasteiger partial charge in [0, 0.05) is 26.3 Å². The van der Waals surface area contributed by atoms with E-state index in [-0.39, 0.29) is 24.3 Å². The lowest BCUT2D eigenvalue weighted by molar-refractivity contribution is -0.139. The fraction of sp³-hybridized carbons (Fsp3) is 0.227. The molecule has 0 radical (unpaired) electrons. The molecule has 2 N–H and O–H groups in total. The number of esters is 2. The Balaban J connectivity index is 2.47. The molecule has 0 bridgehead atoms. The number of aliphatic hydroxyl groups excluding tert-OH is 1. The van der Waals surface area contributed by atoms with E-state index in [2.05, 4.69) is 6.58 Å². The first kappa shape index (κ1) is 22.6. The van der Waals surface area contributed by atoms with Crippen molar-refractivity contribution in [2.24, 2.45) is 0 Å². The Morgan fingerprint density at radius 3 is 2.23 bits per heavy atom. The van der Waals surface area contributed by atoms with Gasteiger partial charge in [-0.25, -0.2) is 0 Å². The standard InChI is InChI=1S/C22H22O8/c1-4-15-5-6-17(28-13(2)23)12-20(15)16-9-18(29-14(3)24)11-19(10-16)30-22(27)8-7-21(25)26/h4-6,9-12,22,27H,1,7-8H2,2-3H3,(H,25,26). The quantitative estimate of drug-likeness (QED) is 0.364. The first-order valence-corrected chi connectivity index (χ1v) is 9.03. The van der Waals surface area contributed by atoms with Crippen molar-refractivity contribution in [1.82, 2.24) is 0 Å². The van der Waals surface area contributed by atoms with Gasteiger partial charge >= 0.3 is 17.9 Å². The van der Waals surface area contributed by atoms with E-state index in [9.17, 15) is 19.5 Å². The largest absolute Gasteiger partial charge is 0.481 e. The molecule has 1 atom stereocenters. The summed E-state index contributed by atoms with van der Waals surface area (Å²) < 4.78 is 15.7. The smallest absolute Gasteiger partial charge is 0.308 e. The molecule has 0 saturated carbocycles. The summed E-state index contributed by atoms with van der Waals surface area (Å²) in [7, 11) is 0. The molecule has 1 unspecified atom stereocenters. The lowest BCUT2D eigenvalue weighted by Crippen LogP contribution is -2.17. The monoisotopic (exact) mass is 414 g/mol. The van der Waals surface area contributed by atoms with Crippen molar-refractivity contribution < 1.29 is 38.8 Å². The molecule has 0 fully saturated rings. The molecule has 0 saturated heterocycles. The predicted molar refractivity (Wildman–Crippen MR) is 108 cm³/mol. The molecule has 0 amide bonds. The van der Waals surface area contributed by atoms with E-state index < -0.39 is 24.2 Å². The molecule has 158 valence electrons. The van der Waals surface area contributed by atoms with Crippen LogP contribution in [0.25, 0.3) is 17.2 Å². The van der Waals surface area contributed by atoms with Crippen molar-refractivity contribution in [3.63, 3.8) is 0 Å². The van der Waals surface area contributed by atoms with Gasteiger partial charge in [0.15, 0.2) is 6.29 Å². The number of carboxylic acids is 1. The van der Waals surface area contributed by atoms with Gasteiger partial charge in [-0.3, -0.25) is 14.4 Å². The first-order chi connectivity index (χ1) is 14.2. The molecule has 8 heteroatoms. The molecule has 0 aromatic heterocycles. The highest BCUT2D eigenvalue weighted by molar-refractivity contribution is 5.80. The van der Waals surface area contributed by atoms with Gasteiger partial charge in [-0.1, -0.05) is 18.7 Å². The van der Waals surface area contributed by atoms with E-state index in [0.29, 0.717) is 22.4 Å². The van der Waals surface area contributed by atoms with Crippen LogP contribution in [0.5, 0.6) is 17.2 Å². The summed E-state index contributed by atoms with van der Waals surface area (Å²) in [5.41, 5.74) is 1.86. The van der Waals surface area contributed by atoms with Crippen molar-refractivity contribution >= 4 is 24.0 Å². The summed E-state index contributed by atoms with van der Waals surface area (Å²) in [5.74, 6) is -1.47. The van der Waals surface area contributed by atoms with Gasteiger partial charge in [0.1, 0.15) is 17.2 Å². The molecule has 2 aromatic carbocycles. The van der Waals surface area contributed by atoms with Gasteiger partial charge in [0.25, 0.3) is 0 Å². The maximum absolute atomic E-state index is 11.4. The minimum Gasteiger partial charge on any atom is -0.481 e. The molecule has 2 rings (SSSR count). The number of benzene rings is 2. The number of rotatable bonds is 9. The second-order valence-electron chi connectivity index (χ2n) is 6.34. The normalized spacial score (nSPS) is 11.3. The van der Waals surface area contributed by atoms with E-state index in [1.165, 1.54) is 19.9 Å². The van der Waals surface area contributed by atoms with Crippen LogP contribution in [-0.4, -0.2) is 34.4 Å². The number of hydrogen-bond donors (Lipinski definition) is 2. The van der Waals surface area contributed by atoms with Crippen molar-refractivity contribution in [3.05, 3.63) is 48.5 Å². The molecular weight excluding hydrogens is 392 g/mol. The van der Waals surface area contributed by atoms with Gasteiger partial charge in [-0.2, -0.15) is 0 Å². The molecular formula is C22H22O8. The second-order valence-corrected chi connectivity index (χ2v) is 6.34. The van der Waals surface area contributed by atoms with E-state index in [1.54, 1.807) is 36.4 Å². The summed E-state index contributed by atoms with van der Waals surface area (Å²) in [6.45, 7) is 6.30. The Labute approximate surface area is 173 Å². The van der Waals surface area contributed by atoms with E-state index in [0.717, 1.165) is 0 Å². The average Bonchev–Trinajstić information content (AvgIpc) is 2.65. The Morgan fingerprint density at radius 1 is 1.00 bits per heavy atom. The van der Waals surface area contributed by atoms with Crippen LogP contribution in [0.1, 0.15) is 32.3 Å². The zero-order chi connectivity index (χ0) is 22.3. The number of carbonyl (C=O) groups is 3. The van der Waals surface area contributed by atoms with Crippen LogP contribution in [0.4, 0.5) is 0 Å². The Hall–Kier alpha value is -3.65. The minimum atomic E-state index is -1.37. The molecule has 30 heavy (non-hydrogen) atoms. The summed E-state index contributed by atoms with van der Waals surface area (Å²) in [6, 6.07) is 9.51. The highest BCUT2D eigenvalue weighted by Crippen LogP contribution is 2.35. The highest BCUT2D eigenvalue weighted by atomic mass is 16.6. The van der Waals surface area contributed by atoms with Crippen LogP contribution in [0.15, 0.2) is 43.0 Å². The molecule has 0 aliphatic carbocycles. The second kappa shape index (κ2) is 10.2. The van der Waals surface area contributed by atoms with Crippen molar-refractivity contribution in [1.29, 1.82) is 0 Å². The van der Waals surface area contributed by atoms with Gasteiger partial charge in [0.2, 0.25) is 0 Å². The molecule has 0 heterocycles. The van der Waals surface area contributed by atoms with Crippen LogP contribution >= 0.6 is 0 Å². The first-order valence-electron chi connectivity index (χ1n) is 9.03.